The highest BCUT2D eigenvalue weighted by molar-refractivity contribution is 5.81. The number of hydrogen-bond donors (Lipinski definition) is 0. The molecule has 1 heterocycles. The van der Waals surface area contributed by atoms with Gasteiger partial charge in [-0.15, -0.1) is 0 Å². The van der Waals surface area contributed by atoms with Gasteiger partial charge < -0.3 is 14.4 Å². The Kier molecular flexibility index (Phi) is 5.36. The summed E-state index contributed by atoms with van der Waals surface area (Å²) in [7, 11) is 1.36. The maximum atomic E-state index is 12.6. The van der Waals surface area contributed by atoms with Gasteiger partial charge in [0.15, 0.2) is 0 Å². The van der Waals surface area contributed by atoms with Gasteiger partial charge in [-0.3, -0.25) is 9.59 Å². The predicted octanol–water partition coefficient (Wildman–Crippen LogP) is 2.56. The van der Waals surface area contributed by atoms with Crippen molar-refractivity contribution in [2.45, 2.75) is 38.3 Å². The normalized spacial score (nSPS) is 25.9. The maximum absolute atomic E-state index is 12.6. The number of carbonyl (C=O) groups excluding carboxylic acids is 3. The highest BCUT2D eigenvalue weighted by Crippen LogP contribution is 2.37. The molecule has 3 rings (SSSR count). The number of methoxy groups -OCH3 is 1. The van der Waals surface area contributed by atoms with Crippen molar-refractivity contribution in [2.75, 3.05) is 13.7 Å². The molecule has 0 aromatic heterocycles. The van der Waals surface area contributed by atoms with Gasteiger partial charge in [-0.1, -0.05) is 30.3 Å². The highest BCUT2D eigenvalue weighted by atomic mass is 16.6. The van der Waals surface area contributed by atoms with Crippen LogP contribution in [0.2, 0.25) is 0 Å². The topological polar surface area (TPSA) is 72.9 Å². The molecule has 6 nitrogen and oxygen atoms in total. The van der Waals surface area contributed by atoms with E-state index in [4.69, 9.17) is 9.47 Å². The van der Waals surface area contributed by atoms with Crippen molar-refractivity contribution in [2.24, 2.45) is 11.8 Å². The van der Waals surface area contributed by atoms with Crippen LogP contribution in [0.3, 0.4) is 0 Å². The SMILES string of the molecule is COC(=O)[C@@H]1CC2CCC(=O)C[C@H]2N(C(=O)OCc2ccccc2)C1. The number of Topliss-reactive ketones (excluding diaryl/α,β-unsaturated/α-hetero) is 1. The van der Waals surface area contributed by atoms with Gasteiger partial charge in [0, 0.05) is 25.4 Å². The van der Waals surface area contributed by atoms with Gasteiger partial charge in [-0.05, 0) is 24.3 Å². The van der Waals surface area contributed by atoms with E-state index in [1.54, 1.807) is 4.90 Å². The van der Waals surface area contributed by atoms with Crippen LogP contribution in [0.4, 0.5) is 4.79 Å². The van der Waals surface area contributed by atoms with E-state index in [0.717, 1.165) is 5.56 Å². The zero-order chi connectivity index (χ0) is 17.8. The second kappa shape index (κ2) is 7.68. The number of carbonyl (C=O) groups is 3. The lowest BCUT2D eigenvalue weighted by Crippen LogP contribution is -2.55. The highest BCUT2D eigenvalue weighted by Gasteiger charge is 2.44. The predicted molar refractivity (Wildman–Crippen MR) is 89.6 cm³/mol. The third-order valence-corrected chi connectivity index (χ3v) is 5.15. The first kappa shape index (κ1) is 17.5. The number of benzene rings is 1. The molecule has 134 valence electrons. The fourth-order valence-electron chi connectivity index (χ4n) is 3.84. The Balaban J connectivity index is 1.71. The van der Waals surface area contributed by atoms with E-state index in [2.05, 4.69) is 0 Å². The number of rotatable bonds is 3. The van der Waals surface area contributed by atoms with Crippen molar-refractivity contribution < 1.29 is 23.9 Å². The lowest BCUT2D eigenvalue weighted by atomic mass is 9.74. The third-order valence-electron chi connectivity index (χ3n) is 5.15. The maximum Gasteiger partial charge on any atom is 0.410 e. The summed E-state index contributed by atoms with van der Waals surface area (Å²) in [5.41, 5.74) is 0.897. The van der Waals surface area contributed by atoms with Gasteiger partial charge in [0.05, 0.1) is 13.0 Å². The number of nitrogens with zero attached hydrogens (tertiary/aromatic N) is 1. The average Bonchev–Trinajstić information content (AvgIpc) is 2.65. The Hall–Kier alpha value is -2.37. The van der Waals surface area contributed by atoms with Crippen LogP contribution in [0.15, 0.2) is 30.3 Å². The van der Waals surface area contributed by atoms with Crippen LogP contribution in [0.1, 0.15) is 31.2 Å². The molecule has 1 aliphatic carbocycles. The monoisotopic (exact) mass is 345 g/mol. The number of esters is 1. The molecule has 0 radical (unpaired) electrons. The van der Waals surface area contributed by atoms with E-state index in [0.29, 0.717) is 25.7 Å². The lowest BCUT2D eigenvalue weighted by molar-refractivity contribution is -0.149. The minimum absolute atomic E-state index is 0.139. The van der Waals surface area contributed by atoms with Crippen molar-refractivity contribution in [3.63, 3.8) is 0 Å². The van der Waals surface area contributed by atoms with Crippen LogP contribution in [-0.4, -0.2) is 42.4 Å². The minimum Gasteiger partial charge on any atom is -0.469 e. The standard InChI is InChI=1S/C19H23NO5/c1-24-18(22)15-9-14-7-8-16(21)10-17(14)20(11-15)19(23)25-12-13-5-3-2-4-6-13/h2-6,14-15,17H,7-12H2,1H3/t14?,15-,17-/m1/s1. The Labute approximate surface area is 147 Å². The zero-order valence-electron chi connectivity index (χ0n) is 14.3. The molecule has 1 aromatic carbocycles. The molecule has 0 N–H and O–H groups in total. The van der Waals surface area contributed by atoms with Crippen LogP contribution < -0.4 is 0 Å². The van der Waals surface area contributed by atoms with Gasteiger partial charge in [-0.25, -0.2) is 4.79 Å². The fraction of sp³-hybridized carbons (Fsp3) is 0.526. The second-order valence-electron chi connectivity index (χ2n) is 6.76. The van der Waals surface area contributed by atoms with Crippen molar-refractivity contribution in [3.05, 3.63) is 35.9 Å². The molecule has 1 aliphatic heterocycles. The van der Waals surface area contributed by atoms with Crippen molar-refractivity contribution >= 4 is 17.8 Å². The molecule has 1 amide bonds. The smallest absolute Gasteiger partial charge is 0.410 e. The molecule has 0 bridgehead atoms. The molecule has 1 saturated carbocycles. The third kappa shape index (κ3) is 4.00. The number of hydrogen-bond acceptors (Lipinski definition) is 5. The van der Waals surface area contributed by atoms with Gasteiger partial charge in [0.1, 0.15) is 12.4 Å². The molecule has 3 atom stereocenters. The number of fused-ring (bicyclic) bond motifs is 1. The summed E-state index contributed by atoms with van der Waals surface area (Å²) in [6.45, 7) is 0.416. The quantitative estimate of drug-likeness (QED) is 0.787. The molecular weight excluding hydrogens is 322 g/mol. The van der Waals surface area contributed by atoms with Gasteiger partial charge in [0.25, 0.3) is 0 Å². The first-order valence-electron chi connectivity index (χ1n) is 8.65. The molecular formula is C19H23NO5. The molecule has 2 aliphatic rings. The van der Waals surface area contributed by atoms with Crippen LogP contribution in [0.5, 0.6) is 0 Å². The van der Waals surface area contributed by atoms with E-state index >= 15 is 0 Å². The summed E-state index contributed by atoms with van der Waals surface area (Å²) in [6.07, 6.45) is 1.76. The summed E-state index contributed by atoms with van der Waals surface area (Å²) in [6, 6.07) is 9.25. The van der Waals surface area contributed by atoms with E-state index in [-0.39, 0.29) is 42.8 Å². The van der Waals surface area contributed by atoms with Crippen LogP contribution >= 0.6 is 0 Å². The summed E-state index contributed by atoms with van der Waals surface area (Å²) in [5.74, 6) is -0.363. The molecule has 1 aromatic rings. The molecule has 25 heavy (non-hydrogen) atoms. The average molecular weight is 345 g/mol. The summed E-state index contributed by atoms with van der Waals surface area (Å²) in [4.78, 5) is 38.0. The van der Waals surface area contributed by atoms with Crippen molar-refractivity contribution in [1.29, 1.82) is 0 Å². The number of piperidine rings is 1. The molecule has 1 saturated heterocycles. The van der Waals surface area contributed by atoms with E-state index in [1.807, 2.05) is 30.3 Å². The lowest BCUT2D eigenvalue weighted by Gasteiger charge is -2.45. The van der Waals surface area contributed by atoms with Gasteiger partial charge in [0.2, 0.25) is 0 Å². The summed E-state index contributed by atoms with van der Waals surface area (Å²) < 4.78 is 10.3. The number of ether oxygens (including phenoxy) is 2. The largest absolute Gasteiger partial charge is 0.469 e. The Bertz CT molecular complexity index is 644. The summed E-state index contributed by atoms with van der Waals surface area (Å²) >= 11 is 0. The Morgan fingerprint density at radius 3 is 2.72 bits per heavy atom. The number of likely N-dealkylation sites (tertiary alicyclic amines) is 1. The van der Waals surface area contributed by atoms with E-state index < -0.39 is 6.09 Å². The first-order chi connectivity index (χ1) is 12.1. The van der Waals surface area contributed by atoms with Crippen LogP contribution in [-0.2, 0) is 25.7 Å². The fourth-order valence-corrected chi connectivity index (χ4v) is 3.84. The van der Waals surface area contributed by atoms with Crippen molar-refractivity contribution in [1.82, 2.24) is 4.90 Å². The molecule has 6 heteroatoms. The van der Waals surface area contributed by atoms with E-state index in [1.165, 1.54) is 7.11 Å². The second-order valence-corrected chi connectivity index (χ2v) is 6.76. The van der Waals surface area contributed by atoms with Gasteiger partial charge in [-0.2, -0.15) is 0 Å². The van der Waals surface area contributed by atoms with Gasteiger partial charge >= 0.3 is 12.1 Å². The Morgan fingerprint density at radius 1 is 1.24 bits per heavy atom. The molecule has 0 spiro atoms. The zero-order valence-corrected chi connectivity index (χ0v) is 14.3. The van der Waals surface area contributed by atoms with E-state index in [9.17, 15) is 14.4 Å². The number of ketones is 1. The van der Waals surface area contributed by atoms with Crippen LogP contribution in [0, 0.1) is 11.8 Å². The summed E-state index contributed by atoms with van der Waals surface area (Å²) in [5, 5.41) is 0. The van der Waals surface area contributed by atoms with Crippen LogP contribution in [0.25, 0.3) is 0 Å². The van der Waals surface area contributed by atoms with Crippen molar-refractivity contribution in [3.8, 4) is 0 Å². The minimum atomic E-state index is -0.470. The Morgan fingerprint density at radius 2 is 2.00 bits per heavy atom. The first-order valence-corrected chi connectivity index (χ1v) is 8.65. The number of amides is 1. The molecule has 1 unspecified atom stereocenters. The molecule has 2 fully saturated rings.